The van der Waals surface area contributed by atoms with Gasteiger partial charge in [0.2, 0.25) is 11.7 Å². The molecule has 5 heterocycles. The lowest BCUT2D eigenvalue weighted by atomic mass is 10.0. The molecule has 0 bridgehead atoms. The van der Waals surface area contributed by atoms with Crippen molar-refractivity contribution in [3.05, 3.63) is 48.6 Å². The van der Waals surface area contributed by atoms with Crippen LogP contribution in [-0.2, 0) is 6.54 Å². The normalized spacial score (nSPS) is 20.2. The Kier molecular flexibility index (Phi) is 5.80. The van der Waals surface area contributed by atoms with Crippen molar-refractivity contribution in [2.45, 2.75) is 26.3 Å². The van der Waals surface area contributed by atoms with E-state index in [0.29, 0.717) is 18.3 Å². The Bertz CT molecular complexity index is 967. The van der Waals surface area contributed by atoms with Crippen molar-refractivity contribution < 1.29 is 4.52 Å². The van der Waals surface area contributed by atoms with Crippen LogP contribution in [0.5, 0.6) is 0 Å². The molecule has 0 spiro atoms. The highest BCUT2D eigenvalue weighted by atomic mass is 16.5. The van der Waals surface area contributed by atoms with Crippen LogP contribution in [0, 0.1) is 5.92 Å². The van der Waals surface area contributed by atoms with Crippen molar-refractivity contribution >= 4 is 11.6 Å². The van der Waals surface area contributed by atoms with Crippen LogP contribution in [0.2, 0.25) is 0 Å². The van der Waals surface area contributed by atoms with Crippen LogP contribution in [-0.4, -0.2) is 64.3 Å². The fourth-order valence-electron chi connectivity index (χ4n) is 4.41. The van der Waals surface area contributed by atoms with E-state index >= 15 is 0 Å². The van der Waals surface area contributed by atoms with Gasteiger partial charge in [-0.25, -0.2) is 9.97 Å². The minimum absolute atomic E-state index is 0.605. The first-order valence-corrected chi connectivity index (χ1v) is 11.2. The molecular formula is C23H29N7O. The molecule has 2 saturated heterocycles. The summed E-state index contributed by atoms with van der Waals surface area (Å²) in [5, 5.41) is 4.18. The first kappa shape index (κ1) is 19.9. The van der Waals surface area contributed by atoms with Gasteiger partial charge in [-0.15, -0.1) is 0 Å². The second-order valence-electron chi connectivity index (χ2n) is 8.56. The van der Waals surface area contributed by atoms with E-state index in [2.05, 4.69) is 53.9 Å². The summed E-state index contributed by atoms with van der Waals surface area (Å²) in [6, 6.07) is 10.2. The van der Waals surface area contributed by atoms with Gasteiger partial charge in [0, 0.05) is 57.2 Å². The molecule has 1 atom stereocenters. The van der Waals surface area contributed by atoms with Crippen molar-refractivity contribution in [3.63, 3.8) is 0 Å². The molecule has 31 heavy (non-hydrogen) atoms. The molecule has 2 aliphatic rings. The Morgan fingerprint density at radius 3 is 2.58 bits per heavy atom. The maximum absolute atomic E-state index is 5.53. The van der Waals surface area contributed by atoms with Gasteiger partial charge in [0.25, 0.3) is 0 Å². The minimum Gasteiger partial charge on any atom is -0.356 e. The van der Waals surface area contributed by atoms with E-state index < -0.39 is 0 Å². The molecule has 0 aliphatic carbocycles. The first-order valence-electron chi connectivity index (χ1n) is 11.2. The van der Waals surface area contributed by atoms with E-state index in [1.807, 2.05) is 30.6 Å². The van der Waals surface area contributed by atoms with Crippen LogP contribution in [0.1, 0.15) is 25.7 Å². The molecule has 0 N–H and O–H groups in total. The highest BCUT2D eigenvalue weighted by Gasteiger charge is 2.21. The smallest absolute Gasteiger partial charge is 0.241 e. The van der Waals surface area contributed by atoms with Gasteiger partial charge in [-0.1, -0.05) is 18.1 Å². The Morgan fingerprint density at radius 2 is 1.84 bits per heavy atom. The minimum atomic E-state index is 0.605. The average Bonchev–Trinajstić information content (AvgIpc) is 3.29. The molecule has 0 radical (unpaired) electrons. The quantitative estimate of drug-likeness (QED) is 0.625. The molecular weight excluding hydrogens is 390 g/mol. The SMILES string of the molecule is C[C@@H]1CCCN(c2ccc(-c3noc(CN4CCN(c5ccccn5)CC4)n3)cn2)C1. The summed E-state index contributed by atoms with van der Waals surface area (Å²) in [4.78, 5) is 20.7. The van der Waals surface area contributed by atoms with Crippen LogP contribution >= 0.6 is 0 Å². The monoisotopic (exact) mass is 419 g/mol. The zero-order valence-corrected chi connectivity index (χ0v) is 18.0. The molecule has 0 saturated carbocycles. The van der Waals surface area contributed by atoms with Gasteiger partial charge in [0.15, 0.2) is 0 Å². The lowest BCUT2D eigenvalue weighted by molar-refractivity contribution is 0.215. The third kappa shape index (κ3) is 4.69. The summed E-state index contributed by atoms with van der Waals surface area (Å²) in [6.45, 7) is 8.90. The average molecular weight is 420 g/mol. The van der Waals surface area contributed by atoms with Crippen molar-refractivity contribution in [2.75, 3.05) is 49.1 Å². The van der Waals surface area contributed by atoms with Crippen molar-refractivity contribution in [3.8, 4) is 11.4 Å². The molecule has 3 aromatic heterocycles. The number of piperazine rings is 1. The summed E-state index contributed by atoms with van der Waals surface area (Å²) in [6.07, 6.45) is 6.23. The second-order valence-corrected chi connectivity index (χ2v) is 8.56. The Labute approximate surface area is 182 Å². The van der Waals surface area contributed by atoms with Gasteiger partial charge in [0.05, 0.1) is 6.54 Å². The predicted molar refractivity (Wildman–Crippen MR) is 120 cm³/mol. The van der Waals surface area contributed by atoms with E-state index in [9.17, 15) is 0 Å². The largest absolute Gasteiger partial charge is 0.356 e. The number of piperidine rings is 1. The fraction of sp³-hybridized carbons (Fsp3) is 0.478. The summed E-state index contributed by atoms with van der Waals surface area (Å²) in [5.41, 5.74) is 0.892. The highest BCUT2D eigenvalue weighted by Crippen LogP contribution is 2.23. The van der Waals surface area contributed by atoms with Crippen LogP contribution < -0.4 is 9.80 Å². The number of anilines is 2. The molecule has 162 valence electrons. The fourth-order valence-corrected chi connectivity index (χ4v) is 4.41. The second kappa shape index (κ2) is 9.01. The van der Waals surface area contributed by atoms with E-state index in [0.717, 1.165) is 62.4 Å². The van der Waals surface area contributed by atoms with E-state index in [1.54, 1.807) is 0 Å². The molecule has 2 fully saturated rings. The Morgan fingerprint density at radius 1 is 0.968 bits per heavy atom. The van der Waals surface area contributed by atoms with Crippen molar-refractivity contribution in [1.82, 2.24) is 25.0 Å². The zero-order valence-electron chi connectivity index (χ0n) is 18.0. The van der Waals surface area contributed by atoms with Crippen LogP contribution in [0.3, 0.4) is 0 Å². The van der Waals surface area contributed by atoms with Crippen LogP contribution in [0.4, 0.5) is 11.6 Å². The molecule has 3 aromatic rings. The molecule has 0 unspecified atom stereocenters. The number of pyridine rings is 2. The third-order valence-corrected chi connectivity index (χ3v) is 6.16. The Hall–Kier alpha value is -3.00. The summed E-state index contributed by atoms with van der Waals surface area (Å²) in [7, 11) is 0. The van der Waals surface area contributed by atoms with Gasteiger partial charge >= 0.3 is 0 Å². The predicted octanol–water partition coefficient (Wildman–Crippen LogP) is 3.09. The van der Waals surface area contributed by atoms with Crippen molar-refractivity contribution in [1.29, 1.82) is 0 Å². The van der Waals surface area contributed by atoms with E-state index in [-0.39, 0.29) is 0 Å². The number of aromatic nitrogens is 4. The molecule has 5 rings (SSSR count). The molecule has 2 aliphatic heterocycles. The van der Waals surface area contributed by atoms with E-state index in [4.69, 9.17) is 4.52 Å². The number of nitrogens with zero attached hydrogens (tertiary/aromatic N) is 7. The Balaban J connectivity index is 1.17. The first-order chi connectivity index (χ1) is 15.2. The lowest BCUT2D eigenvalue weighted by Gasteiger charge is -2.34. The van der Waals surface area contributed by atoms with Gasteiger partial charge < -0.3 is 14.3 Å². The number of hydrogen-bond donors (Lipinski definition) is 0. The van der Waals surface area contributed by atoms with Gasteiger partial charge in [0.1, 0.15) is 11.6 Å². The molecule has 0 amide bonds. The van der Waals surface area contributed by atoms with Gasteiger partial charge in [-0.2, -0.15) is 4.98 Å². The molecule has 8 nitrogen and oxygen atoms in total. The highest BCUT2D eigenvalue weighted by molar-refractivity contribution is 5.56. The summed E-state index contributed by atoms with van der Waals surface area (Å²) >= 11 is 0. The number of rotatable bonds is 5. The summed E-state index contributed by atoms with van der Waals surface area (Å²) < 4.78 is 5.53. The van der Waals surface area contributed by atoms with E-state index in [1.165, 1.54) is 12.8 Å². The van der Waals surface area contributed by atoms with Gasteiger partial charge in [-0.05, 0) is 43.0 Å². The standard InChI is InChI=1S/C23H29N7O/c1-18-5-4-10-30(16-18)21-8-7-19(15-25-21)23-26-22(31-27-23)17-28-11-13-29(14-12-28)20-6-2-3-9-24-20/h2-3,6-9,15,18H,4-5,10-14,16-17H2,1H3/t18-/m1/s1. The number of hydrogen-bond acceptors (Lipinski definition) is 8. The van der Waals surface area contributed by atoms with Crippen LogP contribution in [0.15, 0.2) is 47.2 Å². The maximum atomic E-state index is 5.53. The molecule has 0 aromatic carbocycles. The topological polar surface area (TPSA) is 74.4 Å². The summed E-state index contributed by atoms with van der Waals surface area (Å²) in [5.74, 6) is 4.05. The maximum Gasteiger partial charge on any atom is 0.241 e. The zero-order chi connectivity index (χ0) is 21.0. The lowest BCUT2D eigenvalue weighted by Crippen LogP contribution is -2.46. The molecule has 8 heteroatoms. The van der Waals surface area contributed by atoms with Crippen molar-refractivity contribution in [2.24, 2.45) is 5.92 Å². The third-order valence-electron chi connectivity index (χ3n) is 6.16. The van der Waals surface area contributed by atoms with Gasteiger partial charge in [-0.3, -0.25) is 4.90 Å². The van der Waals surface area contributed by atoms with Crippen LogP contribution in [0.25, 0.3) is 11.4 Å².